The number of nitro benzene ring substituents is 1. The summed E-state index contributed by atoms with van der Waals surface area (Å²) in [5.41, 5.74) is 0.930. The fourth-order valence-electron chi connectivity index (χ4n) is 2.54. The number of benzene rings is 2. The lowest BCUT2D eigenvalue weighted by Crippen LogP contribution is -2.27. The number of carbonyl (C=O) groups is 2. The van der Waals surface area contributed by atoms with Crippen LogP contribution in [0.15, 0.2) is 47.4 Å². The molecule has 7 nitrogen and oxygen atoms in total. The molecule has 2 amide bonds. The zero-order valence-corrected chi connectivity index (χ0v) is 15.6. The van der Waals surface area contributed by atoms with Crippen molar-refractivity contribution in [1.29, 1.82) is 0 Å². The number of methoxy groups -OCH3 is 1. The zero-order chi connectivity index (χ0) is 19.6. The van der Waals surface area contributed by atoms with Gasteiger partial charge in [0.05, 0.1) is 23.5 Å². The normalized spacial score (nSPS) is 15.5. The van der Waals surface area contributed by atoms with Crippen molar-refractivity contribution in [2.45, 2.75) is 6.54 Å². The van der Waals surface area contributed by atoms with E-state index in [9.17, 15) is 19.7 Å². The standard InChI is InChI=1S/C18H13ClN2O5S/c1-26-15-6-5-14(21(24)25)8-12(15)9-16-17(22)20(18(23)27-16)10-11-3-2-4-13(19)7-11/h2-9H,10H2,1H3/b16-9-. The van der Waals surface area contributed by atoms with Crippen LogP contribution in [0.3, 0.4) is 0 Å². The van der Waals surface area contributed by atoms with Crippen LogP contribution in [-0.4, -0.2) is 28.1 Å². The van der Waals surface area contributed by atoms with Crippen molar-refractivity contribution in [3.05, 3.63) is 73.6 Å². The lowest BCUT2D eigenvalue weighted by atomic mass is 10.1. The lowest BCUT2D eigenvalue weighted by molar-refractivity contribution is -0.384. The third kappa shape index (κ3) is 4.12. The molecule has 0 N–H and O–H groups in total. The summed E-state index contributed by atoms with van der Waals surface area (Å²) in [6, 6.07) is 10.9. The number of imide groups is 1. The Hall–Kier alpha value is -2.84. The lowest BCUT2D eigenvalue weighted by Gasteiger charge is -2.12. The van der Waals surface area contributed by atoms with Crippen molar-refractivity contribution in [3.8, 4) is 5.75 Å². The van der Waals surface area contributed by atoms with Crippen LogP contribution in [0.1, 0.15) is 11.1 Å². The molecule has 2 aromatic carbocycles. The number of amides is 2. The van der Waals surface area contributed by atoms with Crippen molar-refractivity contribution < 1.29 is 19.2 Å². The van der Waals surface area contributed by atoms with Crippen molar-refractivity contribution >= 4 is 46.3 Å². The van der Waals surface area contributed by atoms with Gasteiger partial charge in [0.2, 0.25) is 0 Å². The third-order valence-corrected chi connectivity index (χ3v) is 4.96. The summed E-state index contributed by atoms with van der Waals surface area (Å²) in [5.74, 6) is -0.110. The first-order chi connectivity index (χ1) is 12.9. The maximum atomic E-state index is 12.6. The third-order valence-electron chi connectivity index (χ3n) is 3.81. The van der Waals surface area contributed by atoms with Crippen molar-refractivity contribution in [3.63, 3.8) is 0 Å². The first kappa shape index (κ1) is 18.9. The summed E-state index contributed by atoms with van der Waals surface area (Å²) in [6.07, 6.45) is 1.43. The molecule has 0 aliphatic carbocycles. The molecule has 0 radical (unpaired) electrons. The van der Waals surface area contributed by atoms with Crippen molar-refractivity contribution in [1.82, 2.24) is 4.90 Å². The zero-order valence-electron chi connectivity index (χ0n) is 14.0. The Morgan fingerprint density at radius 2 is 2.04 bits per heavy atom. The molecule has 0 saturated carbocycles. The van der Waals surface area contributed by atoms with E-state index in [1.54, 1.807) is 24.3 Å². The second kappa shape index (κ2) is 7.81. The minimum Gasteiger partial charge on any atom is -0.496 e. The second-order valence-corrected chi connectivity index (χ2v) is 7.01. The number of hydrogen-bond donors (Lipinski definition) is 0. The highest BCUT2D eigenvalue weighted by Crippen LogP contribution is 2.35. The molecule has 1 aliphatic rings. The molecule has 2 aromatic rings. The second-order valence-electron chi connectivity index (χ2n) is 5.58. The molecule has 3 rings (SSSR count). The van der Waals surface area contributed by atoms with Crippen LogP contribution in [0.5, 0.6) is 5.75 Å². The van der Waals surface area contributed by atoms with E-state index in [0.717, 1.165) is 22.2 Å². The Morgan fingerprint density at radius 1 is 1.26 bits per heavy atom. The number of nitro groups is 1. The van der Waals surface area contributed by atoms with Gasteiger partial charge in [-0.25, -0.2) is 0 Å². The molecule has 1 fully saturated rings. The van der Waals surface area contributed by atoms with Crippen molar-refractivity contribution in [2.24, 2.45) is 0 Å². The molecule has 9 heteroatoms. The molecule has 0 aromatic heterocycles. The topological polar surface area (TPSA) is 89.8 Å². The molecule has 0 unspecified atom stereocenters. The van der Waals surface area contributed by atoms with Crippen LogP contribution in [0.4, 0.5) is 10.5 Å². The quantitative estimate of drug-likeness (QED) is 0.414. The maximum absolute atomic E-state index is 12.6. The summed E-state index contributed by atoms with van der Waals surface area (Å²) in [7, 11) is 1.42. The summed E-state index contributed by atoms with van der Waals surface area (Å²) < 4.78 is 5.19. The van der Waals surface area contributed by atoms with E-state index in [1.165, 1.54) is 31.4 Å². The fraction of sp³-hybridized carbons (Fsp3) is 0.111. The predicted molar refractivity (Wildman–Crippen MR) is 103 cm³/mol. The first-order valence-corrected chi connectivity index (χ1v) is 8.90. The molecule has 0 bridgehead atoms. The van der Waals surface area contributed by atoms with Gasteiger partial charge in [-0.2, -0.15) is 0 Å². The Balaban J connectivity index is 1.90. The van der Waals surface area contributed by atoms with Gasteiger partial charge in [-0.3, -0.25) is 24.6 Å². The summed E-state index contributed by atoms with van der Waals surface area (Å²) in [6.45, 7) is 0.0919. The minimum atomic E-state index is -0.540. The van der Waals surface area contributed by atoms with Crippen LogP contribution in [0.2, 0.25) is 5.02 Å². The van der Waals surface area contributed by atoms with Gasteiger partial charge >= 0.3 is 0 Å². The number of rotatable bonds is 5. The van der Waals surface area contributed by atoms with Crippen LogP contribution in [0, 0.1) is 10.1 Å². The smallest absolute Gasteiger partial charge is 0.293 e. The molecule has 1 saturated heterocycles. The van der Waals surface area contributed by atoms with Gasteiger partial charge in [0, 0.05) is 22.7 Å². The Bertz CT molecular complexity index is 976. The molecular weight excluding hydrogens is 392 g/mol. The number of ether oxygens (including phenoxy) is 1. The van der Waals surface area contributed by atoms with E-state index < -0.39 is 16.1 Å². The van der Waals surface area contributed by atoms with Crippen LogP contribution >= 0.6 is 23.4 Å². The minimum absolute atomic E-state index is 0.0919. The highest BCUT2D eigenvalue weighted by atomic mass is 35.5. The average molecular weight is 405 g/mol. The molecule has 1 heterocycles. The molecule has 0 atom stereocenters. The van der Waals surface area contributed by atoms with E-state index in [2.05, 4.69) is 0 Å². The van der Waals surface area contributed by atoms with Crippen LogP contribution in [0.25, 0.3) is 6.08 Å². The van der Waals surface area contributed by atoms with Gasteiger partial charge in [-0.1, -0.05) is 23.7 Å². The summed E-state index contributed by atoms with van der Waals surface area (Å²) in [5, 5.41) is 11.1. The molecule has 27 heavy (non-hydrogen) atoms. The highest BCUT2D eigenvalue weighted by Gasteiger charge is 2.35. The number of thioether (sulfide) groups is 1. The summed E-state index contributed by atoms with van der Waals surface area (Å²) >= 11 is 6.71. The van der Waals surface area contributed by atoms with Crippen molar-refractivity contribution in [2.75, 3.05) is 7.11 Å². The highest BCUT2D eigenvalue weighted by molar-refractivity contribution is 8.18. The van der Waals surface area contributed by atoms with Gasteiger partial charge in [0.15, 0.2) is 0 Å². The molecule has 138 valence electrons. The maximum Gasteiger partial charge on any atom is 0.293 e. The van der Waals surface area contributed by atoms with Crippen LogP contribution in [-0.2, 0) is 11.3 Å². The van der Waals surface area contributed by atoms with E-state index in [4.69, 9.17) is 16.3 Å². The summed E-state index contributed by atoms with van der Waals surface area (Å²) in [4.78, 5) is 36.6. The fourth-order valence-corrected chi connectivity index (χ4v) is 3.59. The van der Waals surface area contributed by atoms with E-state index in [-0.39, 0.29) is 17.1 Å². The number of nitrogens with zero attached hydrogens (tertiary/aromatic N) is 2. The van der Waals surface area contributed by atoms with E-state index in [1.807, 2.05) is 0 Å². The largest absolute Gasteiger partial charge is 0.496 e. The Labute approximate surface area is 163 Å². The van der Waals surface area contributed by atoms with E-state index >= 15 is 0 Å². The number of carbonyl (C=O) groups excluding carboxylic acids is 2. The molecule has 1 aliphatic heterocycles. The number of non-ortho nitro benzene ring substituents is 1. The monoisotopic (exact) mass is 404 g/mol. The SMILES string of the molecule is COc1ccc([N+](=O)[O-])cc1/C=C1\SC(=O)N(Cc2cccc(Cl)c2)C1=O. The van der Waals surface area contributed by atoms with Gasteiger partial charge in [0.25, 0.3) is 16.8 Å². The number of hydrogen-bond acceptors (Lipinski definition) is 6. The Morgan fingerprint density at radius 3 is 2.70 bits per heavy atom. The number of halogens is 1. The van der Waals surface area contributed by atoms with Crippen LogP contribution < -0.4 is 4.74 Å². The molecular formula is C18H13ClN2O5S. The van der Waals surface area contributed by atoms with Gasteiger partial charge in [0.1, 0.15) is 5.75 Å². The van der Waals surface area contributed by atoms with Gasteiger partial charge in [-0.15, -0.1) is 0 Å². The predicted octanol–water partition coefficient (Wildman–Crippen LogP) is 4.49. The first-order valence-electron chi connectivity index (χ1n) is 7.71. The Kier molecular flexibility index (Phi) is 5.48. The van der Waals surface area contributed by atoms with Gasteiger partial charge < -0.3 is 4.74 Å². The molecule has 0 spiro atoms. The van der Waals surface area contributed by atoms with Gasteiger partial charge in [-0.05, 0) is 41.6 Å². The average Bonchev–Trinajstić information content (AvgIpc) is 2.89. The van der Waals surface area contributed by atoms with E-state index in [0.29, 0.717) is 16.3 Å².